The Labute approximate surface area is 130 Å². The van der Waals surface area contributed by atoms with E-state index in [-0.39, 0.29) is 11.7 Å². The highest BCUT2D eigenvalue weighted by molar-refractivity contribution is 5.92. The minimum Gasteiger partial charge on any atom is -0.364 e. The Morgan fingerprint density at radius 1 is 1.41 bits per heavy atom. The minimum atomic E-state index is -0.574. The number of hydrogen-bond donors (Lipinski definition) is 2. The number of urea groups is 1. The van der Waals surface area contributed by atoms with Crippen LogP contribution in [0.25, 0.3) is 0 Å². The van der Waals surface area contributed by atoms with Crippen LogP contribution in [-0.2, 0) is 0 Å². The summed E-state index contributed by atoms with van der Waals surface area (Å²) in [5.74, 6) is 0.122. The van der Waals surface area contributed by atoms with Crippen molar-refractivity contribution in [2.24, 2.45) is 17.1 Å². The molecule has 1 aromatic rings. The molecule has 1 aliphatic heterocycles. The quantitative estimate of drug-likeness (QED) is 0.878. The first kappa shape index (κ1) is 14.8. The van der Waals surface area contributed by atoms with Crippen molar-refractivity contribution in [2.45, 2.75) is 32.6 Å². The zero-order valence-electron chi connectivity index (χ0n) is 12.8. The van der Waals surface area contributed by atoms with E-state index in [1.807, 2.05) is 4.90 Å². The van der Waals surface area contributed by atoms with Crippen LogP contribution in [-0.4, -0.2) is 34.9 Å². The number of nitrogens with one attached hydrogen (secondary N) is 1. The van der Waals surface area contributed by atoms with Crippen molar-refractivity contribution in [3.63, 3.8) is 0 Å². The topological polar surface area (TPSA) is 88.3 Å². The summed E-state index contributed by atoms with van der Waals surface area (Å²) in [5, 5.41) is 2.85. The number of likely N-dealkylation sites (tertiary alicyclic amines) is 1. The number of nitrogens with zero attached hydrogens (tertiary/aromatic N) is 2. The molecular weight excluding hydrogens is 280 g/mol. The molecule has 118 valence electrons. The van der Waals surface area contributed by atoms with E-state index in [4.69, 9.17) is 5.73 Å². The first-order chi connectivity index (χ1) is 10.5. The Kier molecular flexibility index (Phi) is 3.76. The van der Waals surface area contributed by atoms with E-state index in [0.29, 0.717) is 17.0 Å². The van der Waals surface area contributed by atoms with Gasteiger partial charge in [0.25, 0.3) is 5.91 Å². The number of nitrogens with two attached hydrogens (primary N) is 1. The molecule has 2 aliphatic rings. The summed E-state index contributed by atoms with van der Waals surface area (Å²) >= 11 is 0. The number of aromatic nitrogens is 1. The first-order valence-electron chi connectivity index (χ1n) is 7.82. The van der Waals surface area contributed by atoms with Crippen molar-refractivity contribution >= 4 is 17.6 Å². The molecule has 3 rings (SSSR count). The van der Waals surface area contributed by atoms with Crippen molar-refractivity contribution < 1.29 is 9.59 Å². The van der Waals surface area contributed by atoms with Crippen molar-refractivity contribution in [3.8, 4) is 0 Å². The number of rotatable bonds is 2. The third-order valence-corrected chi connectivity index (χ3v) is 5.29. The molecule has 1 saturated heterocycles. The molecule has 1 spiro atoms. The number of piperidine rings is 1. The van der Waals surface area contributed by atoms with Crippen molar-refractivity contribution in [2.75, 3.05) is 18.4 Å². The average molecular weight is 302 g/mol. The Morgan fingerprint density at radius 3 is 2.73 bits per heavy atom. The molecule has 1 unspecified atom stereocenters. The average Bonchev–Trinajstić information content (AvgIpc) is 2.46. The van der Waals surface area contributed by atoms with E-state index < -0.39 is 5.91 Å². The lowest BCUT2D eigenvalue weighted by atomic mass is 9.59. The van der Waals surface area contributed by atoms with Gasteiger partial charge in [0.1, 0.15) is 5.69 Å². The number of carbonyl (C=O) groups excluding carboxylic acids is 2. The van der Waals surface area contributed by atoms with E-state index in [2.05, 4.69) is 17.2 Å². The molecule has 22 heavy (non-hydrogen) atoms. The minimum absolute atomic E-state index is 0.0909. The zero-order chi connectivity index (χ0) is 15.7. The normalized spacial score (nSPS) is 23.0. The molecule has 3 N–H and O–H groups in total. The first-order valence-corrected chi connectivity index (χ1v) is 7.82. The lowest BCUT2D eigenvalue weighted by Crippen LogP contribution is -2.54. The van der Waals surface area contributed by atoms with Gasteiger partial charge in [0.2, 0.25) is 0 Å². The summed E-state index contributed by atoms with van der Waals surface area (Å²) in [6.45, 7) is 3.94. The molecule has 6 heteroatoms. The van der Waals surface area contributed by atoms with E-state index >= 15 is 0 Å². The van der Waals surface area contributed by atoms with Gasteiger partial charge in [-0.3, -0.25) is 4.79 Å². The predicted molar refractivity (Wildman–Crippen MR) is 83.4 cm³/mol. The van der Waals surface area contributed by atoms with Gasteiger partial charge in [0.15, 0.2) is 0 Å². The van der Waals surface area contributed by atoms with Gasteiger partial charge in [-0.05, 0) is 42.7 Å². The molecule has 2 heterocycles. The van der Waals surface area contributed by atoms with Crippen LogP contribution in [0.15, 0.2) is 18.3 Å². The van der Waals surface area contributed by atoms with Gasteiger partial charge in [-0.15, -0.1) is 0 Å². The van der Waals surface area contributed by atoms with Crippen LogP contribution in [0.1, 0.15) is 43.1 Å². The summed E-state index contributed by atoms with van der Waals surface area (Å²) in [7, 11) is 0. The smallest absolute Gasteiger partial charge is 0.321 e. The fourth-order valence-corrected chi connectivity index (χ4v) is 3.54. The summed E-state index contributed by atoms with van der Waals surface area (Å²) in [5.41, 5.74) is 6.26. The van der Waals surface area contributed by atoms with E-state index in [1.54, 1.807) is 6.07 Å². The molecular formula is C16H22N4O2. The van der Waals surface area contributed by atoms with Crippen LogP contribution in [0, 0.1) is 11.3 Å². The molecule has 6 nitrogen and oxygen atoms in total. The molecule has 0 aromatic carbocycles. The van der Waals surface area contributed by atoms with Gasteiger partial charge in [-0.25, -0.2) is 9.78 Å². The molecule has 2 fully saturated rings. The van der Waals surface area contributed by atoms with Crippen LogP contribution in [0.2, 0.25) is 0 Å². The van der Waals surface area contributed by atoms with Crippen molar-refractivity contribution in [1.82, 2.24) is 9.88 Å². The Bertz CT molecular complexity index is 580. The Morgan fingerprint density at radius 2 is 2.18 bits per heavy atom. The highest BCUT2D eigenvalue weighted by Gasteiger charge is 2.46. The number of amides is 3. The lowest BCUT2D eigenvalue weighted by Gasteiger charge is -2.52. The van der Waals surface area contributed by atoms with Gasteiger partial charge in [0.05, 0.1) is 11.9 Å². The summed E-state index contributed by atoms with van der Waals surface area (Å²) in [4.78, 5) is 29.2. The highest BCUT2D eigenvalue weighted by atomic mass is 16.2. The second kappa shape index (κ2) is 5.59. The molecule has 1 atom stereocenters. The van der Waals surface area contributed by atoms with E-state index in [1.165, 1.54) is 31.5 Å². The standard InChI is InChI=1S/C16H22N4O2/c1-11-5-8-20(10-16(11)6-2-7-16)15(22)19-12-3-4-13(14(17)21)18-9-12/h3-4,9,11H,2,5-8,10H2,1H3,(H2,17,21)(H,19,22). The third-order valence-electron chi connectivity index (χ3n) is 5.29. The zero-order valence-corrected chi connectivity index (χ0v) is 12.8. The molecule has 3 amide bonds. The number of hydrogen-bond acceptors (Lipinski definition) is 3. The Balaban J connectivity index is 1.63. The molecule has 1 aliphatic carbocycles. The maximum Gasteiger partial charge on any atom is 0.321 e. The number of pyridine rings is 1. The van der Waals surface area contributed by atoms with Crippen molar-refractivity contribution in [1.29, 1.82) is 0 Å². The van der Waals surface area contributed by atoms with Crippen LogP contribution in [0.4, 0.5) is 10.5 Å². The summed E-state index contributed by atoms with van der Waals surface area (Å²) < 4.78 is 0. The highest BCUT2D eigenvalue weighted by Crippen LogP contribution is 2.50. The fourth-order valence-electron chi connectivity index (χ4n) is 3.54. The van der Waals surface area contributed by atoms with Crippen molar-refractivity contribution in [3.05, 3.63) is 24.0 Å². The second-order valence-electron chi connectivity index (χ2n) is 6.55. The largest absolute Gasteiger partial charge is 0.364 e. The molecule has 0 radical (unpaired) electrons. The summed E-state index contributed by atoms with van der Waals surface area (Å²) in [6.07, 6.45) is 6.26. The molecule has 1 aromatic heterocycles. The van der Waals surface area contributed by atoms with E-state index in [0.717, 1.165) is 19.5 Å². The summed E-state index contributed by atoms with van der Waals surface area (Å²) in [6, 6.07) is 3.08. The van der Waals surface area contributed by atoms with Crippen LogP contribution >= 0.6 is 0 Å². The van der Waals surface area contributed by atoms with Crippen LogP contribution < -0.4 is 11.1 Å². The molecule has 0 bridgehead atoms. The maximum atomic E-state index is 12.4. The molecule has 1 saturated carbocycles. The van der Waals surface area contributed by atoms with Gasteiger partial charge < -0.3 is 16.0 Å². The SMILES string of the molecule is CC1CCN(C(=O)Nc2ccc(C(N)=O)nc2)CC12CCC2. The third kappa shape index (κ3) is 2.65. The van der Waals surface area contributed by atoms with E-state index in [9.17, 15) is 9.59 Å². The predicted octanol–water partition coefficient (Wildman–Crippen LogP) is 2.22. The Hall–Kier alpha value is -2.11. The van der Waals surface area contributed by atoms with Gasteiger partial charge in [0, 0.05) is 13.1 Å². The lowest BCUT2D eigenvalue weighted by molar-refractivity contribution is -0.0108. The number of carbonyl (C=O) groups is 2. The van der Waals surface area contributed by atoms with Crippen LogP contribution in [0.5, 0.6) is 0 Å². The number of primary amides is 1. The fraction of sp³-hybridized carbons (Fsp3) is 0.562. The maximum absolute atomic E-state index is 12.4. The van der Waals surface area contributed by atoms with Gasteiger partial charge in [-0.1, -0.05) is 13.3 Å². The van der Waals surface area contributed by atoms with Gasteiger partial charge in [-0.2, -0.15) is 0 Å². The second-order valence-corrected chi connectivity index (χ2v) is 6.55. The number of anilines is 1. The monoisotopic (exact) mass is 302 g/mol. The van der Waals surface area contributed by atoms with Crippen LogP contribution in [0.3, 0.4) is 0 Å². The van der Waals surface area contributed by atoms with Gasteiger partial charge >= 0.3 is 6.03 Å².